The minimum absolute atomic E-state index is 0.294. The van der Waals surface area contributed by atoms with Crippen LogP contribution < -0.4 is 0 Å². The van der Waals surface area contributed by atoms with Gasteiger partial charge in [0.1, 0.15) is 0 Å². The first-order valence-electron chi connectivity index (χ1n) is 10.6. The molecule has 0 aliphatic carbocycles. The fourth-order valence-corrected chi connectivity index (χ4v) is 7.04. The predicted molar refractivity (Wildman–Crippen MR) is 131 cm³/mol. The van der Waals surface area contributed by atoms with Gasteiger partial charge < -0.3 is 9.80 Å². The van der Waals surface area contributed by atoms with Crippen molar-refractivity contribution in [3.63, 3.8) is 0 Å². The monoisotopic (exact) mass is 438 g/mol. The fraction of sp³-hybridized carbons (Fsp3) is 0.417. The number of hydrogen-bond donors (Lipinski definition) is 0. The third-order valence-electron chi connectivity index (χ3n) is 6.06. The van der Waals surface area contributed by atoms with Crippen LogP contribution in [0.1, 0.15) is 62.1 Å². The van der Waals surface area contributed by atoms with Gasteiger partial charge in [-0.15, -0.1) is 22.7 Å². The van der Waals surface area contributed by atoms with E-state index in [1.54, 1.807) is 0 Å². The molecule has 2 aliphatic rings. The number of nitrogens with zero attached hydrogens (tertiary/aromatic N) is 4. The van der Waals surface area contributed by atoms with E-state index in [9.17, 15) is 0 Å². The Morgan fingerprint density at radius 3 is 2.37 bits per heavy atom. The first-order valence-corrected chi connectivity index (χ1v) is 12.2. The molecule has 2 aromatic heterocycles. The number of aliphatic imine (C=N–C) groups is 2. The summed E-state index contributed by atoms with van der Waals surface area (Å²) < 4.78 is 0. The van der Waals surface area contributed by atoms with Crippen LogP contribution in [0.15, 0.2) is 40.6 Å². The highest BCUT2D eigenvalue weighted by atomic mass is 32.1. The SMILES string of the molecule is CCc1cc(Cc2sc(C3C=CN=CN3CC)c(C)c2C)sc1C1C=CN=CN1C. The Labute approximate surface area is 188 Å². The molecule has 0 aromatic carbocycles. The number of aryl methyl sites for hydroxylation is 1. The number of likely N-dealkylation sites (N-methyl/N-ethyl adjacent to an activating group) is 2. The molecule has 0 spiro atoms. The average Bonchev–Trinajstić information content (AvgIpc) is 3.30. The van der Waals surface area contributed by atoms with E-state index in [-0.39, 0.29) is 0 Å². The molecule has 0 bridgehead atoms. The zero-order valence-corrected chi connectivity index (χ0v) is 20.1. The largest absolute Gasteiger partial charge is 0.354 e. The molecule has 4 nitrogen and oxygen atoms in total. The van der Waals surface area contributed by atoms with Gasteiger partial charge in [0.2, 0.25) is 0 Å². The first-order chi connectivity index (χ1) is 14.5. The molecule has 2 atom stereocenters. The molecule has 2 aromatic rings. The van der Waals surface area contributed by atoms with Crippen molar-refractivity contribution in [1.82, 2.24) is 9.80 Å². The second-order valence-electron chi connectivity index (χ2n) is 7.87. The van der Waals surface area contributed by atoms with Crippen molar-refractivity contribution in [3.05, 3.63) is 66.8 Å². The standard InChI is InChI=1S/C24H30N4S2/c1-6-18-12-19(29-24(18)20-8-10-25-14-27(20)5)13-22-16(3)17(4)23(30-22)21-9-11-26-15-28(21)7-2/h8-12,14-15,20-21H,6-7,13H2,1-5H3. The molecule has 0 N–H and O–H groups in total. The lowest BCUT2D eigenvalue weighted by Crippen LogP contribution is -2.27. The Balaban J connectivity index is 1.62. The highest BCUT2D eigenvalue weighted by Gasteiger charge is 2.24. The maximum Gasteiger partial charge on any atom is 0.0912 e. The normalized spacial score (nSPS) is 20.6. The molecule has 4 heterocycles. The first kappa shape index (κ1) is 21.1. The van der Waals surface area contributed by atoms with Crippen LogP contribution in [0.5, 0.6) is 0 Å². The van der Waals surface area contributed by atoms with Crippen LogP contribution in [0.25, 0.3) is 0 Å². The number of rotatable bonds is 6. The van der Waals surface area contributed by atoms with Gasteiger partial charge in [0.15, 0.2) is 0 Å². The van der Waals surface area contributed by atoms with E-state index in [4.69, 9.17) is 0 Å². The third-order valence-corrected chi connectivity index (χ3v) is 8.78. The van der Waals surface area contributed by atoms with Gasteiger partial charge in [0.05, 0.1) is 24.8 Å². The van der Waals surface area contributed by atoms with Gasteiger partial charge in [-0.3, -0.25) is 0 Å². The highest BCUT2D eigenvalue weighted by Crippen LogP contribution is 2.40. The molecule has 0 saturated heterocycles. The van der Waals surface area contributed by atoms with E-state index in [0.717, 1.165) is 19.4 Å². The Morgan fingerprint density at radius 1 is 0.933 bits per heavy atom. The quantitative estimate of drug-likeness (QED) is 0.552. The Hall–Kier alpha value is -2.18. The smallest absolute Gasteiger partial charge is 0.0912 e. The summed E-state index contributed by atoms with van der Waals surface area (Å²) in [6.45, 7) is 9.96. The summed E-state index contributed by atoms with van der Waals surface area (Å²) in [5, 5.41) is 0. The molecule has 2 aliphatic heterocycles. The second kappa shape index (κ2) is 8.90. The molecule has 158 valence electrons. The summed E-state index contributed by atoms with van der Waals surface area (Å²) in [5.41, 5.74) is 4.33. The van der Waals surface area contributed by atoms with E-state index < -0.39 is 0 Å². The molecule has 6 heteroatoms. The minimum Gasteiger partial charge on any atom is -0.354 e. The Bertz CT molecular complexity index is 1020. The van der Waals surface area contributed by atoms with E-state index in [1.807, 2.05) is 47.8 Å². The molecule has 2 unspecified atom stereocenters. The van der Waals surface area contributed by atoms with Crippen LogP contribution in [0.4, 0.5) is 0 Å². The summed E-state index contributed by atoms with van der Waals surface area (Å²) >= 11 is 3.93. The van der Waals surface area contributed by atoms with Gasteiger partial charge in [-0.1, -0.05) is 6.92 Å². The van der Waals surface area contributed by atoms with Gasteiger partial charge in [-0.2, -0.15) is 0 Å². The Kier molecular flexibility index (Phi) is 6.25. The van der Waals surface area contributed by atoms with Crippen LogP contribution in [0, 0.1) is 13.8 Å². The molecule has 30 heavy (non-hydrogen) atoms. The van der Waals surface area contributed by atoms with Crippen molar-refractivity contribution >= 4 is 35.4 Å². The lowest BCUT2D eigenvalue weighted by Gasteiger charge is -2.28. The van der Waals surface area contributed by atoms with Crippen molar-refractivity contribution in [1.29, 1.82) is 0 Å². The number of hydrogen-bond acceptors (Lipinski definition) is 6. The number of thiophene rings is 2. The average molecular weight is 439 g/mol. The second-order valence-corrected chi connectivity index (χ2v) is 10.2. The van der Waals surface area contributed by atoms with Crippen molar-refractivity contribution < 1.29 is 0 Å². The van der Waals surface area contributed by atoms with Crippen LogP contribution >= 0.6 is 22.7 Å². The molecule has 0 saturated carbocycles. The fourth-order valence-electron chi connectivity index (χ4n) is 4.11. The van der Waals surface area contributed by atoms with Crippen molar-refractivity contribution in [2.24, 2.45) is 9.98 Å². The zero-order chi connectivity index (χ0) is 21.3. The molecular weight excluding hydrogens is 408 g/mol. The lowest BCUT2D eigenvalue weighted by atomic mass is 10.0. The van der Waals surface area contributed by atoms with Crippen molar-refractivity contribution in [3.8, 4) is 0 Å². The molecule has 0 fully saturated rings. The predicted octanol–water partition coefficient (Wildman–Crippen LogP) is 6.03. The van der Waals surface area contributed by atoms with Gasteiger partial charge in [-0.05, 0) is 62.1 Å². The van der Waals surface area contributed by atoms with Gasteiger partial charge in [0.25, 0.3) is 0 Å². The summed E-state index contributed by atoms with van der Waals surface area (Å²) in [6.07, 6.45) is 14.2. The minimum atomic E-state index is 0.294. The molecular formula is C24H30N4S2. The van der Waals surface area contributed by atoms with Gasteiger partial charge in [0, 0.05) is 51.9 Å². The summed E-state index contributed by atoms with van der Waals surface area (Å²) in [6, 6.07) is 3.02. The summed E-state index contributed by atoms with van der Waals surface area (Å²) in [7, 11) is 2.11. The van der Waals surface area contributed by atoms with Crippen molar-refractivity contribution in [2.75, 3.05) is 13.6 Å². The maximum absolute atomic E-state index is 4.31. The summed E-state index contributed by atoms with van der Waals surface area (Å²) in [4.78, 5) is 18.9. The van der Waals surface area contributed by atoms with E-state index in [2.05, 4.69) is 72.7 Å². The van der Waals surface area contributed by atoms with Crippen LogP contribution in [-0.2, 0) is 12.8 Å². The van der Waals surface area contributed by atoms with Crippen LogP contribution in [0.2, 0.25) is 0 Å². The van der Waals surface area contributed by atoms with Gasteiger partial charge >= 0.3 is 0 Å². The van der Waals surface area contributed by atoms with Crippen molar-refractivity contribution in [2.45, 2.75) is 52.6 Å². The highest BCUT2D eigenvalue weighted by molar-refractivity contribution is 7.14. The summed E-state index contributed by atoms with van der Waals surface area (Å²) in [5.74, 6) is 0. The topological polar surface area (TPSA) is 31.2 Å². The van der Waals surface area contributed by atoms with E-state index in [0.29, 0.717) is 12.1 Å². The van der Waals surface area contributed by atoms with Crippen LogP contribution in [-0.4, -0.2) is 36.1 Å². The molecule has 0 radical (unpaired) electrons. The molecule has 0 amide bonds. The molecule has 4 rings (SSSR count). The van der Waals surface area contributed by atoms with E-state index in [1.165, 1.54) is 36.2 Å². The zero-order valence-electron chi connectivity index (χ0n) is 18.4. The Morgan fingerprint density at radius 2 is 1.67 bits per heavy atom. The third kappa shape index (κ3) is 3.91. The maximum atomic E-state index is 4.31. The van der Waals surface area contributed by atoms with Gasteiger partial charge in [-0.25, -0.2) is 9.98 Å². The van der Waals surface area contributed by atoms with Crippen LogP contribution in [0.3, 0.4) is 0 Å². The van der Waals surface area contributed by atoms with E-state index >= 15 is 0 Å². The lowest BCUT2D eigenvalue weighted by molar-refractivity contribution is 0.394.